The smallest absolute Gasteiger partial charge is 0.253 e. The summed E-state index contributed by atoms with van der Waals surface area (Å²) >= 11 is 6.10. The third-order valence-corrected chi connectivity index (χ3v) is 4.73. The quantitative estimate of drug-likeness (QED) is 0.637. The van der Waals surface area contributed by atoms with E-state index in [2.05, 4.69) is 16.0 Å². The van der Waals surface area contributed by atoms with Crippen molar-refractivity contribution in [1.82, 2.24) is 16.0 Å². The van der Waals surface area contributed by atoms with Crippen LogP contribution in [0, 0.1) is 0 Å². The molecule has 3 N–H and O–H groups in total. The zero-order valence-corrected chi connectivity index (χ0v) is 16.0. The fourth-order valence-corrected chi connectivity index (χ4v) is 2.98. The molecule has 0 radical (unpaired) electrons. The van der Waals surface area contributed by atoms with Gasteiger partial charge in [0.1, 0.15) is 0 Å². The molecule has 6 nitrogen and oxygen atoms in total. The van der Waals surface area contributed by atoms with Crippen molar-refractivity contribution < 1.29 is 14.4 Å². The molecule has 1 fully saturated rings. The number of rotatable bonds is 8. The predicted molar refractivity (Wildman–Crippen MR) is 107 cm³/mol. The monoisotopic (exact) mass is 399 g/mol. The molecular formula is C21H22ClN3O3. The average Bonchev–Trinajstić information content (AvgIpc) is 3.51. The summed E-state index contributed by atoms with van der Waals surface area (Å²) < 4.78 is 0. The van der Waals surface area contributed by atoms with Crippen LogP contribution in [0.5, 0.6) is 0 Å². The molecule has 146 valence electrons. The molecule has 28 heavy (non-hydrogen) atoms. The predicted octanol–water partition coefficient (Wildman–Crippen LogP) is 2.60. The fourth-order valence-electron chi connectivity index (χ4n) is 2.76. The van der Waals surface area contributed by atoms with E-state index in [1.165, 1.54) is 0 Å². The summed E-state index contributed by atoms with van der Waals surface area (Å²) in [5, 5.41) is 8.64. The molecule has 0 bridgehead atoms. The molecule has 1 atom stereocenters. The van der Waals surface area contributed by atoms with E-state index in [0.717, 1.165) is 18.4 Å². The maximum absolute atomic E-state index is 12.6. The minimum absolute atomic E-state index is 0.0108. The number of benzene rings is 2. The molecule has 0 aliphatic heterocycles. The van der Waals surface area contributed by atoms with Crippen LogP contribution < -0.4 is 16.0 Å². The van der Waals surface area contributed by atoms with Crippen molar-refractivity contribution in [2.24, 2.45) is 0 Å². The summed E-state index contributed by atoms with van der Waals surface area (Å²) in [6.07, 6.45) is 1.99. The highest BCUT2D eigenvalue weighted by Crippen LogP contribution is 2.20. The first-order valence-corrected chi connectivity index (χ1v) is 9.57. The minimum atomic E-state index is -0.545. The molecule has 3 amide bonds. The van der Waals surface area contributed by atoms with E-state index >= 15 is 0 Å². The SMILES string of the molecule is O=C(CC(NC(=O)c1ccccc1Cl)c1ccccc1)NCC(=O)NC1CC1. The third-order valence-electron chi connectivity index (χ3n) is 4.40. The van der Waals surface area contributed by atoms with Crippen molar-refractivity contribution in [2.45, 2.75) is 31.3 Å². The van der Waals surface area contributed by atoms with Crippen LogP contribution in [0.2, 0.25) is 5.02 Å². The van der Waals surface area contributed by atoms with E-state index < -0.39 is 6.04 Å². The van der Waals surface area contributed by atoms with Gasteiger partial charge in [-0.1, -0.05) is 54.1 Å². The number of amides is 3. The topological polar surface area (TPSA) is 87.3 Å². The summed E-state index contributed by atoms with van der Waals surface area (Å²) in [4.78, 5) is 36.7. The van der Waals surface area contributed by atoms with Crippen LogP contribution in [0.3, 0.4) is 0 Å². The van der Waals surface area contributed by atoms with E-state index in [1.807, 2.05) is 30.3 Å². The van der Waals surface area contributed by atoms with Gasteiger partial charge in [-0.15, -0.1) is 0 Å². The van der Waals surface area contributed by atoms with Crippen molar-refractivity contribution in [3.63, 3.8) is 0 Å². The zero-order valence-electron chi connectivity index (χ0n) is 15.3. The number of carbonyl (C=O) groups is 3. The Bertz CT molecular complexity index is 853. The molecule has 0 saturated heterocycles. The van der Waals surface area contributed by atoms with Crippen LogP contribution in [0.4, 0.5) is 0 Å². The van der Waals surface area contributed by atoms with Gasteiger partial charge in [-0.3, -0.25) is 14.4 Å². The Morgan fingerprint density at radius 2 is 1.64 bits per heavy atom. The van der Waals surface area contributed by atoms with E-state index in [1.54, 1.807) is 24.3 Å². The van der Waals surface area contributed by atoms with E-state index in [4.69, 9.17) is 11.6 Å². The van der Waals surface area contributed by atoms with Gasteiger partial charge in [0, 0.05) is 6.04 Å². The highest BCUT2D eigenvalue weighted by Gasteiger charge is 2.24. The van der Waals surface area contributed by atoms with Crippen molar-refractivity contribution in [3.8, 4) is 0 Å². The van der Waals surface area contributed by atoms with Gasteiger partial charge >= 0.3 is 0 Å². The van der Waals surface area contributed by atoms with Crippen molar-refractivity contribution in [2.75, 3.05) is 6.54 Å². The van der Waals surface area contributed by atoms with Crippen LogP contribution in [0.1, 0.15) is 41.2 Å². The molecular weight excluding hydrogens is 378 g/mol. The van der Waals surface area contributed by atoms with Gasteiger partial charge in [0.05, 0.1) is 29.6 Å². The fraction of sp³-hybridized carbons (Fsp3) is 0.286. The Kier molecular flexibility index (Phi) is 6.66. The molecule has 3 rings (SSSR count). The number of carbonyl (C=O) groups excluding carboxylic acids is 3. The molecule has 1 saturated carbocycles. The van der Waals surface area contributed by atoms with Gasteiger partial charge in [0.2, 0.25) is 11.8 Å². The number of nitrogens with one attached hydrogen (secondary N) is 3. The molecule has 1 unspecified atom stereocenters. The van der Waals surface area contributed by atoms with Gasteiger partial charge in [-0.25, -0.2) is 0 Å². The molecule has 0 heterocycles. The Morgan fingerprint density at radius 1 is 0.964 bits per heavy atom. The normalized spacial score (nSPS) is 14.0. The lowest BCUT2D eigenvalue weighted by Gasteiger charge is -2.19. The second-order valence-corrected chi connectivity index (χ2v) is 7.15. The first kappa shape index (κ1) is 19.9. The third kappa shape index (κ3) is 5.82. The van der Waals surface area contributed by atoms with E-state index in [-0.39, 0.29) is 36.7 Å². The van der Waals surface area contributed by atoms with E-state index in [0.29, 0.717) is 10.6 Å². The van der Waals surface area contributed by atoms with Gasteiger partial charge < -0.3 is 16.0 Å². The summed E-state index contributed by atoms with van der Waals surface area (Å²) in [5.74, 6) is -0.884. The molecule has 7 heteroatoms. The van der Waals surface area contributed by atoms with Gasteiger partial charge in [-0.2, -0.15) is 0 Å². The summed E-state index contributed by atoms with van der Waals surface area (Å²) in [5.41, 5.74) is 1.13. The van der Waals surface area contributed by atoms with Crippen molar-refractivity contribution in [3.05, 3.63) is 70.7 Å². The van der Waals surface area contributed by atoms with Gasteiger partial charge in [0.15, 0.2) is 0 Å². The molecule has 2 aromatic rings. The second-order valence-electron chi connectivity index (χ2n) is 6.74. The van der Waals surface area contributed by atoms with Gasteiger partial charge in [0.25, 0.3) is 5.91 Å². The molecule has 2 aromatic carbocycles. The van der Waals surface area contributed by atoms with Crippen LogP contribution in [0.15, 0.2) is 54.6 Å². The summed E-state index contributed by atoms with van der Waals surface area (Å²) in [6, 6.07) is 15.6. The molecule has 0 spiro atoms. The first-order chi connectivity index (χ1) is 13.5. The number of halogens is 1. The lowest BCUT2D eigenvalue weighted by molar-refractivity contribution is -0.126. The highest BCUT2D eigenvalue weighted by atomic mass is 35.5. The standard InChI is InChI=1S/C21H22ClN3O3/c22-17-9-5-4-8-16(17)21(28)25-18(14-6-2-1-3-7-14)12-19(26)23-13-20(27)24-15-10-11-15/h1-9,15,18H,10-13H2,(H,23,26)(H,24,27)(H,25,28). The van der Waals surface area contributed by atoms with Crippen LogP contribution in [-0.4, -0.2) is 30.3 Å². The average molecular weight is 400 g/mol. The van der Waals surface area contributed by atoms with E-state index in [9.17, 15) is 14.4 Å². The van der Waals surface area contributed by atoms with Gasteiger partial charge in [-0.05, 0) is 30.5 Å². The zero-order chi connectivity index (χ0) is 19.9. The Labute approximate surface area is 168 Å². The largest absolute Gasteiger partial charge is 0.352 e. The Hall–Kier alpha value is -2.86. The summed E-state index contributed by atoms with van der Waals surface area (Å²) in [7, 11) is 0. The molecule has 0 aromatic heterocycles. The first-order valence-electron chi connectivity index (χ1n) is 9.19. The summed E-state index contributed by atoms with van der Waals surface area (Å²) in [6.45, 7) is -0.0741. The van der Waals surface area contributed by atoms with Crippen molar-refractivity contribution in [1.29, 1.82) is 0 Å². The van der Waals surface area contributed by atoms with Crippen LogP contribution >= 0.6 is 11.6 Å². The maximum Gasteiger partial charge on any atom is 0.253 e. The number of hydrogen-bond donors (Lipinski definition) is 3. The van der Waals surface area contributed by atoms with Crippen molar-refractivity contribution >= 4 is 29.3 Å². The Balaban J connectivity index is 1.63. The second kappa shape index (κ2) is 9.37. The van der Waals surface area contributed by atoms with Crippen LogP contribution in [-0.2, 0) is 9.59 Å². The maximum atomic E-state index is 12.6. The molecule has 1 aliphatic rings. The molecule has 1 aliphatic carbocycles. The Morgan fingerprint density at radius 3 is 2.32 bits per heavy atom. The van der Waals surface area contributed by atoms with Crippen LogP contribution in [0.25, 0.3) is 0 Å². The lowest BCUT2D eigenvalue weighted by atomic mass is 10.0. The minimum Gasteiger partial charge on any atom is -0.352 e. The highest BCUT2D eigenvalue weighted by molar-refractivity contribution is 6.33. The number of hydrogen-bond acceptors (Lipinski definition) is 3. The lowest BCUT2D eigenvalue weighted by Crippen LogP contribution is -2.39.